The summed E-state index contributed by atoms with van der Waals surface area (Å²) >= 11 is 5.95. The summed E-state index contributed by atoms with van der Waals surface area (Å²) in [7, 11) is 0. The molecule has 6 heteroatoms. The van der Waals surface area contributed by atoms with Crippen LogP contribution < -0.4 is 24.0 Å². The first-order valence-electron chi connectivity index (χ1n) is 13.3. The maximum atomic E-state index is 11.8. The highest BCUT2D eigenvalue weighted by molar-refractivity contribution is 6.36. The van der Waals surface area contributed by atoms with E-state index < -0.39 is 5.97 Å². The zero-order valence-corrected chi connectivity index (χ0v) is 25.5. The number of quaternary nitrogens is 1. The van der Waals surface area contributed by atoms with Crippen LogP contribution in [-0.2, 0) is 4.74 Å². The van der Waals surface area contributed by atoms with Gasteiger partial charge in [-0.25, -0.2) is 4.79 Å². The number of halogens is 2. The van der Waals surface area contributed by atoms with Gasteiger partial charge in [-0.1, -0.05) is 89.2 Å². The van der Waals surface area contributed by atoms with E-state index in [0.717, 1.165) is 5.39 Å². The van der Waals surface area contributed by atoms with Crippen molar-refractivity contribution < 1.29 is 43.1 Å². The lowest BCUT2D eigenvalue weighted by molar-refractivity contribution is -0.929. The van der Waals surface area contributed by atoms with Crippen LogP contribution in [0.3, 0.4) is 0 Å². The Labute approximate surface area is 236 Å². The number of phenols is 1. The van der Waals surface area contributed by atoms with Crippen LogP contribution in [0.1, 0.15) is 96.3 Å². The fourth-order valence-electron chi connectivity index (χ4n) is 4.36. The number of aromatic hydroxyl groups is 1. The summed E-state index contributed by atoms with van der Waals surface area (Å²) in [5.74, 6) is -0.641. The predicted molar refractivity (Wildman–Crippen MR) is 146 cm³/mol. The maximum absolute atomic E-state index is 11.8. The maximum Gasteiger partial charge on any atom is 0.340 e. The van der Waals surface area contributed by atoms with Gasteiger partial charge in [-0.3, -0.25) is 0 Å². The molecular weight excluding hydrogens is 573 g/mol. The van der Waals surface area contributed by atoms with Crippen molar-refractivity contribution in [2.45, 2.75) is 86.0 Å². The molecule has 2 aromatic carbocycles. The number of benzene rings is 2. The molecule has 0 aliphatic rings. The quantitative estimate of drug-likeness (QED) is 0.175. The van der Waals surface area contributed by atoms with E-state index >= 15 is 0 Å². The zero-order valence-electron chi connectivity index (χ0n) is 22.5. The summed E-state index contributed by atoms with van der Waals surface area (Å²) in [4.78, 5) is 11.8. The van der Waals surface area contributed by atoms with E-state index in [4.69, 9.17) is 16.3 Å². The summed E-state index contributed by atoms with van der Waals surface area (Å²) in [5.41, 5.74) is 0.212. The summed E-state index contributed by atoms with van der Waals surface area (Å²) in [6.45, 7) is 17.0. The van der Waals surface area contributed by atoms with Crippen LogP contribution in [0.25, 0.3) is 10.8 Å². The van der Waals surface area contributed by atoms with Crippen molar-refractivity contribution in [2.75, 3.05) is 32.8 Å². The number of nitrogens with zero attached hydrogens (tertiary/aromatic N) is 1. The van der Waals surface area contributed by atoms with Crippen LogP contribution in [0, 0.1) is 0 Å². The number of rotatable bonds is 14. The SMILES string of the molecule is CCCC[N+](CCCC)(CCCC)CCCC.CCOC(=O)c1c(Cl)c(O)cc2ccccc12.[I-]. The molecule has 0 fully saturated rings. The minimum Gasteiger partial charge on any atom is -1.00 e. The number of esters is 1. The zero-order chi connectivity index (χ0) is 25.4. The van der Waals surface area contributed by atoms with Crippen molar-refractivity contribution in [2.24, 2.45) is 0 Å². The number of carbonyl (C=O) groups is 1. The van der Waals surface area contributed by atoms with Crippen LogP contribution in [0.2, 0.25) is 5.02 Å². The van der Waals surface area contributed by atoms with Gasteiger partial charge in [0, 0.05) is 0 Å². The highest BCUT2D eigenvalue weighted by Gasteiger charge is 2.24. The Morgan fingerprint density at radius 1 is 0.857 bits per heavy atom. The molecule has 0 unspecified atom stereocenters. The second kappa shape index (κ2) is 19.1. The number of hydrogen-bond donors (Lipinski definition) is 1. The molecule has 4 nitrogen and oxygen atoms in total. The smallest absolute Gasteiger partial charge is 0.340 e. The summed E-state index contributed by atoms with van der Waals surface area (Å²) < 4.78 is 6.36. The van der Waals surface area contributed by atoms with Gasteiger partial charge in [-0.15, -0.1) is 0 Å². The van der Waals surface area contributed by atoms with Crippen LogP contribution in [0.15, 0.2) is 30.3 Å². The van der Waals surface area contributed by atoms with Gasteiger partial charge in [0.1, 0.15) is 5.75 Å². The number of fused-ring (bicyclic) bond motifs is 1. The molecule has 0 saturated heterocycles. The molecule has 0 atom stereocenters. The van der Waals surface area contributed by atoms with Crippen molar-refractivity contribution in [3.05, 3.63) is 40.9 Å². The Morgan fingerprint density at radius 3 is 1.74 bits per heavy atom. The summed E-state index contributed by atoms with van der Waals surface area (Å²) in [6.07, 6.45) is 11.1. The molecule has 0 radical (unpaired) electrons. The summed E-state index contributed by atoms with van der Waals surface area (Å²) in [6, 6.07) is 8.73. The molecule has 0 heterocycles. The lowest BCUT2D eigenvalue weighted by atomic mass is 10.0. The molecule has 35 heavy (non-hydrogen) atoms. The first-order chi connectivity index (χ1) is 16.4. The van der Waals surface area contributed by atoms with Gasteiger partial charge in [-0.2, -0.15) is 0 Å². The molecule has 0 amide bonds. The molecule has 2 rings (SSSR count). The molecule has 2 aromatic rings. The van der Waals surface area contributed by atoms with E-state index in [1.165, 1.54) is 88.1 Å². The van der Waals surface area contributed by atoms with Crippen LogP contribution >= 0.6 is 11.6 Å². The molecule has 1 N–H and O–H groups in total. The molecule has 0 saturated carbocycles. The third-order valence-corrected chi connectivity index (χ3v) is 6.77. The van der Waals surface area contributed by atoms with Crippen LogP contribution in [-0.4, -0.2) is 48.3 Å². The number of hydrogen-bond acceptors (Lipinski definition) is 3. The minimum atomic E-state index is -0.524. The Balaban J connectivity index is 0.000000642. The first-order valence-corrected chi connectivity index (χ1v) is 13.7. The standard InChI is InChI=1S/C16H36N.C13H11ClO3.HI/c1-5-9-13-17(14-10-6-2,15-11-7-3)16-12-8-4;1-2-17-13(16)11-9-6-4-3-5-8(9)7-10(15)12(11)14;/h5-16H2,1-4H3;3-7,15H,2H2,1H3;1H/q+1;;/p-1. The van der Waals surface area contributed by atoms with Gasteiger partial charge in [0.2, 0.25) is 0 Å². The van der Waals surface area contributed by atoms with Gasteiger partial charge in [0.05, 0.1) is 43.4 Å². The molecule has 0 aromatic heterocycles. The molecule has 200 valence electrons. The highest BCUT2D eigenvalue weighted by atomic mass is 127. The van der Waals surface area contributed by atoms with Gasteiger partial charge in [0.15, 0.2) is 0 Å². The van der Waals surface area contributed by atoms with Crippen molar-refractivity contribution in [3.63, 3.8) is 0 Å². The van der Waals surface area contributed by atoms with Crippen molar-refractivity contribution in [3.8, 4) is 5.75 Å². The van der Waals surface area contributed by atoms with E-state index in [-0.39, 0.29) is 46.9 Å². The lowest BCUT2D eigenvalue weighted by Gasteiger charge is -2.39. The van der Waals surface area contributed by atoms with E-state index in [1.807, 2.05) is 6.07 Å². The highest BCUT2D eigenvalue weighted by Crippen LogP contribution is 2.34. The Kier molecular flexibility index (Phi) is 18.5. The second-order valence-electron chi connectivity index (χ2n) is 9.18. The van der Waals surface area contributed by atoms with Crippen molar-refractivity contribution in [1.82, 2.24) is 0 Å². The number of ether oxygens (including phenoxy) is 1. The molecular formula is C29H47ClINO3. The molecule has 0 aliphatic heterocycles. The number of unbranched alkanes of at least 4 members (excludes halogenated alkanes) is 4. The monoisotopic (exact) mass is 619 g/mol. The van der Waals surface area contributed by atoms with Gasteiger partial charge < -0.3 is 38.3 Å². The molecule has 0 bridgehead atoms. The Hall–Kier alpha value is -1.05. The van der Waals surface area contributed by atoms with E-state index in [2.05, 4.69) is 27.7 Å². The average molecular weight is 620 g/mol. The van der Waals surface area contributed by atoms with E-state index in [0.29, 0.717) is 5.39 Å². The van der Waals surface area contributed by atoms with E-state index in [9.17, 15) is 9.90 Å². The van der Waals surface area contributed by atoms with Gasteiger partial charge in [-0.05, 0) is 49.4 Å². The number of carbonyl (C=O) groups excluding carboxylic acids is 1. The third-order valence-electron chi connectivity index (χ3n) is 6.39. The largest absolute Gasteiger partial charge is 1.00 e. The minimum absolute atomic E-state index is 0. The topological polar surface area (TPSA) is 46.5 Å². The Bertz CT molecular complexity index is 822. The fourth-order valence-corrected chi connectivity index (χ4v) is 4.59. The van der Waals surface area contributed by atoms with Crippen LogP contribution in [0.4, 0.5) is 0 Å². The number of phenolic OH excluding ortho intramolecular Hbond substituents is 1. The predicted octanol–water partition coefficient (Wildman–Crippen LogP) is 5.38. The lowest BCUT2D eigenvalue weighted by Crippen LogP contribution is -3.00. The van der Waals surface area contributed by atoms with Crippen LogP contribution in [0.5, 0.6) is 5.75 Å². The van der Waals surface area contributed by atoms with Gasteiger partial charge >= 0.3 is 5.97 Å². The van der Waals surface area contributed by atoms with Gasteiger partial charge in [0.25, 0.3) is 0 Å². The Morgan fingerprint density at radius 2 is 1.31 bits per heavy atom. The third kappa shape index (κ3) is 11.3. The second-order valence-corrected chi connectivity index (χ2v) is 9.55. The average Bonchev–Trinajstić information content (AvgIpc) is 2.84. The summed E-state index contributed by atoms with van der Waals surface area (Å²) in [5, 5.41) is 11.1. The fraction of sp³-hybridized carbons (Fsp3) is 0.621. The van der Waals surface area contributed by atoms with Crippen molar-refractivity contribution in [1.29, 1.82) is 0 Å². The van der Waals surface area contributed by atoms with Crippen molar-refractivity contribution >= 4 is 28.3 Å². The molecule has 0 spiro atoms. The first kappa shape index (κ1) is 34.0. The normalized spacial score (nSPS) is 10.9. The van der Waals surface area contributed by atoms with E-state index in [1.54, 1.807) is 25.1 Å². The molecule has 0 aliphatic carbocycles.